The molecule has 3 aromatic heterocycles. The number of nitrogens with one attached hydrogen (secondary N) is 3. The summed E-state index contributed by atoms with van der Waals surface area (Å²) in [6.07, 6.45) is 2.33. The highest BCUT2D eigenvalue weighted by atomic mass is 32.1. The van der Waals surface area contributed by atoms with Crippen molar-refractivity contribution < 1.29 is 14.0 Å². The van der Waals surface area contributed by atoms with Crippen LogP contribution >= 0.6 is 11.3 Å². The number of H-pyrrole nitrogens is 1. The van der Waals surface area contributed by atoms with Crippen LogP contribution in [0, 0.1) is 5.92 Å². The van der Waals surface area contributed by atoms with Gasteiger partial charge in [-0.2, -0.15) is 0 Å². The van der Waals surface area contributed by atoms with Gasteiger partial charge in [0.15, 0.2) is 5.76 Å². The van der Waals surface area contributed by atoms with Crippen molar-refractivity contribution in [2.24, 2.45) is 5.92 Å². The number of anilines is 1. The Hall–Kier alpha value is -3.39. The Morgan fingerprint density at radius 2 is 1.97 bits per heavy atom. The largest absolute Gasteiger partial charge is 0.459 e. The SMILES string of the molecule is CCC(C)C(NC(=O)c1ccc(NC(=O)c2ccco2)s1)c1nc2ccccc2[nH]1. The molecule has 2 unspecified atom stereocenters. The van der Waals surface area contributed by atoms with E-state index in [2.05, 4.69) is 34.4 Å². The number of amides is 2. The predicted molar refractivity (Wildman–Crippen MR) is 117 cm³/mol. The van der Waals surface area contributed by atoms with Crippen molar-refractivity contribution in [3.63, 3.8) is 0 Å². The minimum atomic E-state index is -0.353. The summed E-state index contributed by atoms with van der Waals surface area (Å²) in [7, 11) is 0. The van der Waals surface area contributed by atoms with Gasteiger partial charge in [0.2, 0.25) is 0 Å². The zero-order valence-electron chi connectivity index (χ0n) is 16.6. The second kappa shape index (κ2) is 8.54. The number of imidazole rings is 1. The number of benzene rings is 1. The summed E-state index contributed by atoms with van der Waals surface area (Å²) in [5.74, 6) is 0.586. The summed E-state index contributed by atoms with van der Waals surface area (Å²) >= 11 is 1.21. The number of rotatable bonds is 7. The van der Waals surface area contributed by atoms with E-state index in [1.165, 1.54) is 17.6 Å². The second-order valence-electron chi connectivity index (χ2n) is 7.07. The van der Waals surface area contributed by atoms with E-state index in [0.29, 0.717) is 9.88 Å². The normalized spacial score (nSPS) is 13.1. The molecule has 0 aliphatic rings. The maximum Gasteiger partial charge on any atom is 0.291 e. The van der Waals surface area contributed by atoms with Gasteiger partial charge in [-0.1, -0.05) is 32.4 Å². The molecule has 0 saturated heterocycles. The zero-order valence-corrected chi connectivity index (χ0v) is 17.5. The predicted octanol–water partition coefficient (Wildman–Crippen LogP) is 4.99. The van der Waals surface area contributed by atoms with Crippen LogP contribution in [0.5, 0.6) is 0 Å². The lowest BCUT2D eigenvalue weighted by Gasteiger charge is -2.22. The van der Waals surface area contributed by atoms with Crippen LogP contribution in [0.1, 0.15) is 52.4 Å². The molecule has 8 heteroatoms. The highest BCUT2D eigenvalue weighted by Gasteiger charge is 2.25. The average Bonchev–Trinajstić information content (AvgIpc) is 3.51. The lowest BCUT2D eigenvalue weighted by atomic mass is 9.98. The van der Waals surface area contributed by atoms with E-state index in [0.717, 1.165) is 23.3 Å². The van der Waals surface area contributed by atoms with Gasteiger partial charge in [-0.15, -0.1) is 11.3 Å². The fraction of sp³-hybridized carbons (Fsp3) is 0.227. The van der Waals surface area contributed by atoms with E-state index in [1.54, 1.807) is 24.3 Å². The first-order valence-electron chi connectivity index (χ1n) is 9.75. The maximum atomic E-state index is 12.9. The van der Waals surface area contributed by atoms with Crippen molar-refractivity contribution in [2.45, 2.75) is 26.3 Å². The Morgan fingerprint density at radius 3 is 2.70 bits per heavy atom. The zero-order chi connectivity index (χ0) is 21.1. The van der Waals surface area contributed by atoms with Crippen LogP contribution < -0.4 is 10.6 Å². The molecule has 0 saturated carbocycles. The number of hydrogen-bond acceptors (Lipinski definition) is 5. The molecule has 0 radical (unpaired) electrons. The van der Waals surface area contributed by atoms with Crippen LogP contribution in [0.4, 0.5) is 5.00 Å². The van der Waals surface area contributed by atoms with Crippen molar-refractivity contribution in [1.82, 2.24) is 15.3 Å². The van der Waals surface area contributed by atoms with Gasteiger partial charge in [0, 0.05) is 0 Å². The molecule has 2 atom stereocenters. The molecule has 7 nitrogen and oxygen atoms in total. The van der Waals surface area contributed by atoms with Crippen LogP contribution in [-0.4, -0.2) is 21.8 Å². The minimum absolute atomic E-state index is 0.188. The van der Waals surface area contributed by atoms with Crippen molar-refractivity contribution >= 4 is 39.2 Å². The third-order valence-corrected chi connectivity index (χ3v) is 6.01. The Labute approximate surface area is 177 Å². The number of thiophene rings is 1. The molecule has 0 bridgehead atoms. The number of carbonyl (C=O) groups excluding carboxylic acids is 2. The summed E-state index contributed by atoms with van der Waals surface area (Å²) in [6.45, 7) is 4.17. The first-order chi connectivity index (χ1) is 14.5. The number of aromatic nitrogens is 2. The van der Waals surface area contributed by atoms with Gasteiger partial charge < -0.3 is 20.0 Å². The average molecular weight is 423 g/mol. The number of para-hydroxylation sites is 2. The van der Waals surface area contributed by atoms with Crippen LogP contribution in [0.25, 0.3) is 11.0 Å². The molecule has 30 heavy (non-hydrogen) atoms. The number of aromatic amines is 1. The molecule has 4 rings (SSSR count). The first kappa shape index (κ1) is 19.9. The second-order valence-corrected chi connectivity index (χ2v) is 8.15. The van der Waals surface area contributed by atoms with Crippen molar-refractivity contribution in [2.75, 3.05) is 5.32 Å². The van der Waals surface area contributed by atoms with Crippen molar-refractivity contribution in [3.05, 3.63) is 71.3 Å². The van der Waals surface area contributed by atoms with Gasteiger partial charge in [0.25, 0.3) is 11.8 Å². The van der Waals surface area contributed by atoms with E-state index >= 15 is 0 Å². The van der Waals surface area contributed by atoms with Gasteiger partial charge in [0.05, 0.1) is 33.2 Å². The van der Waals surface area contributed by atoms with Crippen LogP contribution in [-0.2, 0) is 0 Å². The van der Waals surface area contributed by atoms with Crippen molar-refractivity contribution in [3.8, 4) is 0 Å². The van der Waals surface area contributed by atoms with Gasteiger partial charge in [-0.3, -0.25) is 9.59 Å². The quantitative estimate of drug-likeness (QED) is 0.391. The Kier molecular flexibility index (Phi) is 5.67. The third-order valence-electron chi connectivity index (χ3n) is 5.01. The van der Waals surface area contributed by atoms with Gasteiger partial charge in [-0.05, 0) is 42.3 Å². The molecule has 3 N–H and O–H groups in total. The molecule has 4 aromatic rings. The number of hydrogen-bond donors (Lipinski definition) is 3. The summed E-state index contributed by atoms with van der Waals surface area (Å²) in [5.41, 5.74) is 1.81. The van der Waals surface area contributed by atoms with Crippen LogP contribution in [0.15, 0.2) is 59.2 Å². The lowest BCUT2D eigenvalue weighted by Crippen LogP contribution is -2.32. The minimum Gasteiger partial charge on any atom is -0.459 e. The fourth-order valence-corrected chi connectivity index (χ4v) is 3.96. The van der Waals surface area contributed by atoms with Gasteiger partial charge in [0.1, 0.15) is 5.82 Å². The maximum absolute atomic E-state index is 12.9. The first-order valence-corrected chi connectivity index (χ1v) is 10.6. The van der Waals surface area contributed by atoms with E-state index in [4.69, 9.17) is 4.42 Å². The van der Waals surface area contributed by atoms with E-state index < -0.39 is 0 Å². The highest BCUT2D eigenvalue weighted by Crippen LogP contribution is 2.27. The molecular formula is C22H22N4O3S. The fourth-order valence-electron chi connectivity index (χ4n) is 3.16. The summed E-state index contributed by atoms with van der Waals surface area (Å²) in [6, 6.07) is 14.2. The van der Waals surface area contributed by atoms with E-state index in [1.807, 2.05) is 24.3 Å². The standard InChI is InChI=1S/C22H22N4O3S/c1-3-13(2)19(20-23-14-7-4-5-8-15(14)24-20)26-22(28)17-10-11-18(30-17)25-21(27)16-9-6-12-29-16/h4-13,19H,3H2,1-2H3,(H,23,24)(H,25,27)(H,26,28). The Balaban J connectivity index is 1.50. The Morgan fingerprint density at radius 1 is 1.13 bits per heavy atom. The van der Waals surface area contributed by atoms with E-state index in [9.17, 15) is 9.59 Å². The molecule has 3 heterocycles. The molecule has 1 aromatic carbocycles. The van der Waals surface area contributed by atoms with Crippen LogP contribution in [0.3, 0.4) is 0 Å². The lowest BCUT2D eigenvalue weighted by molar-refractivity contribution is 0.0923. The van der Waals surface area contributed by atoms with Crippen LogP contribution in [0.2, 0.25) is 0 Å². The highest BCUT2D eigenvalue weighted by molar-refractivity contribution is 7.18. The van der Waals surface area contributed by atoms with Gasteiger partial charge >= 0.3 is 0 Å². The number of nitrogens with zero attached hydrogens (tertiary/aromatic N) is 1. The number of carbonyl (C=O) groups is 2. The molecular weight excluding hydrogens is 400 g/mol. The number of furan rings is 1. The monoisotopic (exact) mass is 422 g/mol. The third kappa shape index (κ3) is 4.13. The molecule has 154 valence electrons. The van der Waals surface area contributed by atoms with E-state index in [-0.39, 0.29) is 29.5 Å². The summed E-state index contributed by atoms with van der Waals surface area (Å²) < 4.78 is 5.09. The summed E-state index contributed by atoms with van der Waals surface area (Å²) in [5, 5.41) is 6.42. The molecule has 0 aliphatic heterocycles. The smallest absolute Gasteiger partial charge is 0.291 e. The molecule has 0 fully saturated rings. The summed E-state index contributed by atoms with van der Waals surface area (Å²) in [4.78, 5) is 33.5. The molecule has 0 aliphatic carbocycles. The van der Waals surface area contributed by atoms with Gasteiger partial charge in [-0.25, -0.2) is 4.98 Å². The topological polar surface area (TPSA) is 100 Å². The Bertz CT molecular complexity index is 1130. The molecule has 2 amide bonds. The molecule has 0 spiro atoms. The van der Waals surface area contributed by atoms with Crippen molar-refractivity contribution in [1.29, 1.82) is 0 Å². The number of fused-ring (bicyclic) bond motifs is 1.